The van der Waals surface area contributed by atoms with Crippen molar-refractivity contribution in [2.24, 2.45) is 0 Å². The summed E-state index contributed by atoms with van der Waals surface area (Å²) in [6, 6.07) is 1.65. The molecule has 0 atom stereocenters. The largest absolute Gasteiger partial charge is 0.392 e. The first kappa shape index (κ1) is 14.4. The second-order valence-electron chi connectivity index (χ2n) is 4.49. The van der Waals surface area contributed by atoms with Crippen LogP contribution in [0.4, 0.5) is 8.78 Å². The SMILES string of the molecule is CCN(C1CC1)S(=O)(=O)c1cc(CO)cc(F)c1F. The summed E-state index contributed by atoms with van der Waals surface area (Å²) in [5.74, 6) is -2.66. The van der Waals surface area contributed by atoms with E-state index in [0.717, 1.165) is 25.0 Å². The first-order valence-corrected chi connectivity index (χ1v) is 7.46. The Balaban J connectivity index is 2.53. The van der Waals surface area contributed by atoms with Gasteiger partial charge in [0.1, 0.15) is 4.90 Å². The van der Waals surface area contributed by atoms with Crippen LogP contribution < -0.4 is 0 Å². The lowest BCUT2D eigenvalue weighted by Crippen LogP contribution is -2.33. The second kappa shape index (κ2) is 5.15. The molecule has 0 aromatic heterocycles. The van der Waals surface area contributed by atoms with E-state index < -0.39 is 33.2 Å². The smallest absolute Gasteiger partial charge is 0.246 e. The Morgan fingerprint density at radius 1 is 1.37 bits per heavy atom. The topological polar surface area (TPSA) is 57.6 Å². The van der Waals surface area contributed by atoms with E-state index in [2.05, 4.69) is 0 Å². The summed E-state index contributed by atoms with van der Waals surface area (Å²) in [5.41, 5.74) is 0.0318. The molecule has 1 saturated carbocycles. The molecule has 0 amide bonds. The highest BCUT2D eigenvalue weighted by molar-refractivity contribution is 7.89. The second-order valence-corrected chi connectivity index (χ2v) is 6.35. The highest BCUT2D eigenvalue weighted by Gasteiger charge is 2.38. The Morgan fingerprint density at radius 3 is 2.47 bits per heavy atom. The van der Waals surface area contributed by atoms with Crippen LogP contribution in [0.15, 0.2) is 17.0 Å². The van der Waals surface area contributed by atoms with E-state index in [4.69, 9.17) is 5.11 Å². The van der Waals surface area contributed by atoms with E-state index in [0.29, 0.717) is 0 Å². The number of hydrogen-bond acceptors (Lipinski definition) is 3. The Bertz CT molecular complexity index is 585. The third-order valence-corrected chi connectivity index (χ3v) is 5.12. The summed E-state index contributed by atoms with van der Waals surface area (Å²) >= 11 is 0. The molecule has 1 aliphatic rings. The molecule has 0 spiro atoms. The Labute approximate surface area is 110 Å². The first-order chi connectivity index (χ1) is 8.91. The Hall–Kier alpha value is -1.05. The summed E-state index contributed by atoms with van der Waals surface area (Å²) in [5, 5.41) is 8.96. The third kappa shape index (κ3) is 2.63. The maximum atomic E-state index is 13.7. The van der Waals surface area contributed by atoms with Gasteiger partial charge in [0.25, 0.3) is 0 Å². The molecule has 1 fully saturated rings. The molecule has 0 radical (unpaired) electrons. The van der Waals surface area contributed by atoms with Gasteiger partial charge in [-0.1, -0.05) is 6.92 Å². The van der Waals surface area contributed by atoms with E-state index >= 15 is 0 Å². The van der Waals surface area contributed by atoms with Gasteiger partial charge in [-0.15, -0.1) is 0 Å². The van der Waals surface area contributed by atoms with Gasteiger partial charge in [0.15, 0.2) is 11.6 Å². The zero-order chi connectivity index (χ0) is 14.2. The molecule has 106 valence electrons. The number of rotatable bonds is 5. The van der Waals surface area contributed by atoms with Crippen LogP contribution in [-0.2, 0) is 16.6 Å². The van der Waals surface area contributed by atoms with Crippen LogP contribution in [0.25, 0.3) is 0 Å². The fourth-order valence-electron chi connectivity index (χ4n) is 2.01. The maximum Gasteiger partial charge on any atom is 0.246 e. The Kier molecular flexibility index (Phi) is 3.89. The predicted molar refractivity (Wildman–Crippen MR) is 64.9 cm³/mol. The van der Waals surface area contributed by atoms with Crippen molar-refractivity contribution in [1.82, 2.24) is 4.31 Å². The van der Waals surface area contributed by atoms with Gasteiger partial charge >= 0.3 is 0 Å². The molecule has 7 heteroatoms. The zero-order valence-electron chi connectivity index (χ0n) is 10.4. The fourth-order valence-corrected chi connectivity index (χ4v) is 3.83. The third-order valence-electron chi connectivity index (χ3n) is 3.09. The summed E-state index contributed by atoms with van der Waals surface area (Å²) < 4.78 is 52.9. The molecule has 1 aromatic rings. The summed E-state index contributed by atoms with van der Waals surface area (Å²) in [6.45, 7) is 1.31. The minimum absolute atomic E-state index is 0.0318. The standard InChI is InChI=1S/C12H15F2NO3S/c1-2-15(9-3-4-9)19(17,18)11-6-8(7-16)5-10(13)12(11)14/h5-6,9,16H,2-4,7H2,1H3. The van der Waals surface area contributed by atoms with Crippen LogP contribution in [-0.4, -0.2) is 30.4 Å². The van der Waals surface area contributed by atoms with Crippen molar-refractivity contribution in [2.45, 2.75) is 37.3 Å². The summed E-state index contributed by atoms with van der Waals surface area (Å²) in [6.07, 6.45) is 1.47. The van der Waals surface area contributed by atoms with Crippen molar-refractivity contribution >= 4 is 10.0 Å². The highest BCUT2D eigenvalue weighted by atomic mass is 32.2. The molecule has 0 unspecified atom stereocenters. The van der Waals surface area contributed by atoms with E-state index in [1.807, 2.05) is 0 Å². The molecule has 1 aromatic carbocycles. The quantitative estimate of drug-likeness (QED) is 0.897. The van der Waals surface area contributed by atoms with Gasteiger partial charge in [0.2, 0.25) is 10.0 Å². The number of aliphatic hydroxyl groups is 1. The van der Waals surface area contributed by atoms with Crippen molar-refractivity contribution in [3.05, 3.63) is 29.3 Å². The van der Waals surface area contributed by atoms with E-state index in [1.165, 1.54) is 4.31 Å². The lowest BCUT2D eigenvalue weighted by molar-refractivity contribution is 0.280. The minimum Gasteiger partial charge on any atom is -0.392 e. The van der Waals surface area contributed by atoms with Gasteiger partial charge < -0.3 is 5.11 Å². The van der Waals surface area contributed by atoms with Crippen molar-refractivity contribution in [1.29, 1.82) is 0 Å². The number of aliphatic hydroxyl groups excluding tert-OH is 1. The molecular formula is C12H15F2NO3S. The van der Waals surface area contributed by atoms with E-state index in [-0.39, 0.29) is 18.2 Å². The molecule has 0 heterocycles. The summed E-state index contributed by atoms with van der Waals surface area (Å²) in [4.78, 5) is -0.703. The van der Waals surface area contributed by atoms with Crippen molar-refractivity contribution in [2.75, 3.05) is 6.54 Å². The summed E-state index contributed by atoms with van der Waals surface area (Å²) in [7, 11) is -4.07. The highest BCUT2D eigenvalue weighted by Crippen LogP contribution is 2.33. The number of sulfonamides is 1. The Morgan fingerprint density at radius 2 is 2.00 bits per heavy atom. The van der Waals surface area contributed by atoms with Crippen LogP contribution >= 0.6 is 0 Å². The van der Waals surface area contributed by atoms with Gasteiger partial charge in [0, 0.05) is 12.6 Å². The lowest BCUT2D eigenvalue weighted by Gasteiger charge is -2.20. The van der Waals surface area contributed by atoms with Crippen LogP contribution in [0, 0.1) is 11.6 Å². The molecule has 0 aliphatic heterocycles. The molecule has 2 rings (SSSR count). The first-order valence-electron chi connectivity index (χ1n) is 6.02. The fraction of sp³-hybridized carbons (Fsp3) is 0.500. The van der Waals surface area contributed by atoms with Gasteiger partial charge in [-0.05, 0) is 30.5 Å². The minimum atomic E-state index is -4.07. The van der Waals surface area contributed by atoms with Gasteiger partial charge in [0.05, 0.1) is 6.61 Å². The lowest BCUT2D eigenvalue weighted by atomic mass is 10.2. The monoisotopic (exact) mass is 291 g/mol. The van der Waals surface area contributed by atoms with Crippen LogP contribution in [0.2, 0.25) is 0 Å². The average Bonchev–Trinajstić information content (AvgIpc) is 3.17. The number of benzene rings is 1. The van der Waals surface area contributed by atoms with Gasteiger partial charge in [-0.3, -0.25) is 0 Å². The van der Waals surface area contributed by atoms with Crippen molar-refractivity contribution < 1.29 is 22.3 Å². The molecule has 1 N–H and O–H groups in total. The number of halogens is 2. The van der Waals surface area contributed by atoms with Crippen LogP contribution in [0.5, 0.6) is 0 Å². The average molecular weight is 291 g/mol. The van der Waals surface area contributed by atoms with Crippen LogP contribution in [0.3, 0.4) is 0 Å². The number of nitrogens with zero attached hydrogens (tertiary/aromatic N) is 1. The van der Waals surface area contributed by atoms with Crippen molar-refractivity contribution in [3.63, 3.8) is 0 Å². The maximum absolute atomic E-state index is 13.7. The molecule has 19 heavy (non-hydrogen) atoms. The molecule has 4 nitrogen and oxygen atoms in total. The van der Waals surface area contributed by atoms with E-state index in [9.17, 15) is 17.2 Å². The van der Waals surface area contributed by atoms with Gasteiger partial charge in [-0.2, -0.15) is 4.31 Å². The molecule has 0 saturated heterocycles. The van der Waals surface area contributed by atoms with Crippen molar-refractivity contribution in [3.8, 4) is 0 Å². The zero-order valence-corrected chi connectivity index (χ0v) is 11.3. The normalized spacial score (nSPS) is 16.1. The van der Waals surface area contributed by atoms with Crippen LogP contribution in [0.1, 0.15) is 25.3 Å². The predicted octanol–water partition coefficient (Wildman–Crippen LogP) is 1.63. The molecular weight excluding hydrogens is 276 g/mol. The van der Waals surface area contributed by atoms with Gasteiger partial charge in [-0.25, -0.2) is 17.2 Å². The van der Waals surface area contributed by atoms with E-state index in [1.54, 1.807) is 6.92 Å². The molecule has 0 bridgehead atoms. The number of hydrogen-bond donors (Lipinski definition) is 1. The molecule has 1 aliphatic carbocycles.